The Bertz CT molecular complexity index is 738. The molecule has 2 aromatic carbocycles. The summed E-state index contributed by atoms with van der Waals surface area (Å²) in [5.74, 6) is 0. The fourth-order valence-electron chi connectivity index (χ4n) is 1.90. The number of aromatic nitrogens is 1. The predicted molar refractivity (Wildman–Crippen MR) is 78.1 cm³/mol. The molecule has 3 rings (SSSR count). The Morgan fingerprint density at radius 2 is 1.89 bits per heavy atom. The minimum absolute atomic E-state index is 0.687. The van der Waals surface area contributed by atoms with Crippen LogP contribution in [0.25, 0.3) is 10.9 Å². The van der Waals surface area contributed by atoms with Crippen LogP contribution in [0.2, 0.25) is 0 Å². The van der Waals surface area contributed by atoms with Crippen LogP contribution in [0, 0.1) is 11.3 Å². The van der Waals surface area contributed by atoms with Gasteiger partial charge in [0.15, 0.2) is 0 Å². The van der Waals surface area contributed by atoms with Crippen molar-refractivity contribution in [1.82, 2.24) is 4.37 Å². The van der Waals surface area contributed by atoms with Crippen molar-refractivity contribution in [3.63, 3.8) is 0 Å². The van der Waals surface area contributed by atoms with Crippen molar-refractivity contribution < 1.29 is 0 Å². The maximum absolute atomic E-state index is 8.75. The SMILES string of the molecule is N#Cc1ccc(CNc2snc3ccccc23)cc1. The number of anilines is 1. The Kier molecular flexibility index (Phi) is 3.13. The Hall–Kier alpha value is -2.38. The molecule has 3 nitrogen and oxygen atoms in total. The van der Waals surface area contributed by atoms with E-state index in [4.69, 9.17) is 5.26 Å². The first kappa shape index (κ1) is 11.7. The monoisotopic (exact) mass is 265 g/mol. The van der Waals surface area contributed by atoms with Crippen molar-refractivity contribution in [2.24, 2.45) is 0 Å². The minimum Gasteiger partial charge on any atom is -0.371 e. The van der Waals surface area contributed by atoms with Crippen LogP contribution in [0.15, 0.2) is 48.5 Å². The van der Waals surface area contributed by atoms with E-state index in [1.54, 1.807) is 0 Å². The van der Waals surface area contributed by atoms with Gasteiger partial charge in [-0.2, -0.15) is 9.64 Å². The standard InChI is InChI=1S/C15H11N3S/c16-9-11-5-7-12(8-6-11)10-17-15-13-3-1-2-4-14(13)18-19-15/h1-8,17H,10H2. The quantitative estimate of drug-likeness (QED) is 0.784. The fraction of sp³-hybridized carbons (Fsp3) is 0.0667. The molecule has 0 bridgehead atoms. The first-order chi connectivity index (χ1) is 9.36. The van der Waals surface area contributed by atoms with Crippen molar-refractivity contribution in [3.05, 3.63) is 59.7 Å². The number of nitrogens with one attached hydrogen (secondary N) is 1. The molecule has 0 radical (unpaired) electrons. The topological polar surface area (TPSA) is 48.7 Å². The van der Waals surface area contributed by atoms with Gasteiger partial charge in [-0.15, -0.1) is 0 Å². The zero-order chi connectivity index (χ0) is 13.1. The molecule has 1 heterocycles. The van der Waals surface area contributed by atoms with Gasteiger partial charge in [-0.1, -0.05) is 24.3 Å². The van der Waals surface area contributed by atoms with Gasteiger partial charge in [0.2, 0.25) is 0 Å². The van der Waals surface area contributed by atoms with Crippen molar-refractivity contribution in [2.75, 3.05) is 5.32 Å². The average molecular weight is 265 g/mol. The molecule has 0 saturated carbocycles. The maximum atomic E-state index is 8.75. The summed E-state index contributed by atoms with van der Waals surface area (Å²) in [6.45, 7) is 0.734. The molecule has 1 N–H and O–H groups in total. The van der Waals surface area contributed by atoms with Crippen LogP contribution in [-0.2, 0) is 6.54 Å². The number of nitrogens with zero attached hydrogens (tertiary/aromatic N) is 2. The first-order valence-electron chi connectivity index (χ1n) is 5.94. The van der Waals surface area contributed by atoms with Gasteiger partial charge in [0.25, 0.3) is 0 Å². The maximum Gasteiger partial charge on any atom is 0.117 e. The summed E-state index contributed by atoms with van der Waals surface area (Å²) in [5.41, 5.74) is 2.86. The first-order valence-corrected chi connectivity index (χ1v) is 6.71. The summed E-state index contributed by atoms with van der Waals surface area (Å²) in [6.07, 6.45) is 0. The van der Waals surface area contributed by atoms with Gasteiger partial charge >= 0.3 is 0 Å². The third-order valence-electron chi connectivity index (χ3n) is 2.92. The molecule has 0 spiro atoms. The van der Waals surface area contributed by atoms with Crippen LogP contribution in [0.3, 0.4) is 0 Å². The van der Waals surface area contributed by atoms with E-state index in [2.05, 4.69) is 21.8 Å². The van der Waals surface area contributed by atoms with Gasteiger partial charge < -0.3 is 5.32 Å². The molecule has 0 aliphatic heterocycles. The van der Waals surface area contributed by atoms with Crippen LogP contribution >= 0.6 is 11.5 Å². The van der Waals surface area contributed by atoms with Gasteiger partial charge in [-0.05, 0) is 41.4 Å². The molecule has 3 aromatic rings. The van der Waals surface area contributed by atoms with Gasteiger partial charge in [0.1, 0.15) is 5.00 Å². The van der Waals surface area contributed by atoms with E-state index in [9.17, 15) is 0 Å². The lowest BCUT2D eigenvalue weighted by Gasteiger charge is -2.04. The second kappa shape index (κ2) is 5.09. The van der Waals surface area contributed by atoms with E-state index in [1.807, 2.05) is 42.5 Å². The Labute approximate surface area is 115 Å². The lowest BCUT2D eigenvalue weighted by molar-refractivity contribution is 1.16. The van der Waals surface area contributed by atoms with Crippen LogP contribution in [0.1, 0.15) is 11.1 Å². The largest absolute Gasteiger partial charge is 0.371 e. The molecule has 0 aliphatic rings. The molecule has 4 heteroatoms. The number of hydrogen-bond acceptors (Lipinski definition) is 4. The van der Waals surface area contributed by atoms with Gasteiger partial charge in [-0.3, -0.25) is 0 Å². The number of nitriles is 1. The normalized spacial score (nSPS) is 10.3. The highest BCUT2D eigenvalue weighted by molar-refractivity contribution is 7.11. The Balaban J connectivity index is 1.77. The van der Waals surface area contributed by atoms with E-state index >= 15 is 0 Å². The number of hydrogen-bond donors (Lipinski definition) is 1. The van der Waals surface area contributed by atoms with Crippen LogP contribution in [0.5, 0.6) is 0 Å². The summed E-state index contributed by atoms with van der Waals surface area (Å²) in [5, 5.41) is 14.4. The zero-order valence-corrected chi connectivity index (χ0v) is 10.9. The number of fused-ring (bicyclic) bond motifs is 1. The van der Waals surface area contributed by atoms with E-state index < -0.39 is 0 Å². The molecule has 0 atom stereocenters. The lowest BCUT2D eigenvalue weighted by Crippen LogP contribution is -1.97. The van der Waals surface area contributed by atoms with Gasteiger partial charge in [0.05, 0.1) is 17.1 Å². The molecular weight excluding hydrogens is 254 g/mol. The third kappa shape index (κ3) is 2.42. The van der Waals surface area contributed by atoms with E-state index in [0.29, 0.717) is 5.56 Å². The van der Waals surface area contributed by atoms with E-state index in [-0.39, 0.29) is 0 Å². The van der Waals surface area contributed by atoms with Crippen molar-refractivity contribution >= 4 is 27.4 Å². The molecule has 0 aliphatic carbocycles. The number of benzene rings is 2. The van der Waals surface area contributed by atoms with Crippen LogP contribution in [0.4, 0.5) is 5.00 Å². The second-order valence-electron chi connectivity index (χ2n) is 4.19. The highest BCUT2D eigenvalue weighted by atomic mass is 32.1. The van der Waals surface area contributed by atoms with Crippen LogP contribution in [-0.4, -0.2) is 4.37 Å². The Morgan fingerprint density at radius 1 is 1.11 bits per heavy atom. The van der Waals surface area contributed by atoms with Crippen LogP contribution < -0.4 is 5.32 Å². The van der Waals surface area contributed by atoms with E-state index in [1.165, 1.54) is 11.5 Å². The van der Waals surface area contributed by atoms with Crippen molar-refractivity contribution in [2.45, 2.75) is 6.54 Å². The number of rotatable bonds is 3. The molecule has 0 unspecified atom stereocenters. The fourth-order valence-corrected chi connectivity index (χ4v) is 2.65. The smallest absolute Gasteiger partial charge is 0.117 e. The summed E-state index contributed by atoms with van der Waals surface area (Å²) >= 11 is 1.48. The highest BCUT2D eigenvalue weighted by Gasteiger charge is 2.04. The summed E-state index contributed by atoms with van der Waals surface area (Å²) in [6, 6.07) is 17.8. The predicted octanol–water partition coefficient (Wildman–Crippen LogP) is 3.78. The van der Waals surface area contributed by atoms with Crippen molar-refractivity contribution in [1.29, 1.82) is 5.26 Å². The molecular formula is C15H11N3S. The molecule has 0 fully saturated rings. The third-order valence-corrected chi connectivity index (χ3v) is 3.75. The molecule has 0 amide bonds. The van der Waals surface area contributed by atoms with Gasteiger partial charge in [0, 0.05) is 11.9 Å². The minimum atomic E-state index is 0.687. The van der Waals surface area contributed by atoms with Gasteiger partial charge in [-0.25, -0.2) is 0 Å². The lowest BCUT2D eigenvalue weighted by atomic mass is 10.1. The molecule has 0 saturated heterocycles. The molecule has 1 aromatic heterocycles. The Morgan fingerprint density at radius 3 is 2.68 bits per heavy atom. The summed E-state index contributed by atoms with van der Waals surface area (Å²) in [7, 11) is 0. The summed E-state index contributed by atoms with van der Waals surface area (Å²) < 4.78 is 4.39. The second-order valence-corrected chi connectivity index (χ2v) is 4.96. The average Bonchev–Trinajstić information content (AvgIpc) is 2.89. The summed E-state index contributed by atoms with van der Waals surface area (Å²) in [4.78, 5) is 0. The van der Waals surface area contributed by atoms with E-state index in [0.717, 1.165) is 28.0 Å². The highest BCUT2D eigenvalue weighted by Crippen LogP contribution is 2.27. The zero-order valence-electron chi connectivity index (χ0n) is 10.1. The molecule has 92 valence electrons. The van der Waals surface area contributed by atoms with Crippen molar-refractivity contribution in [3.8, 4) is 6.07 Å². The molecule has 19 heavy (non-hydrogen) atoms.